The van der Waals surface area contributed by atoms with E-state index in [-0.39, 0.29) is 15.7 Å². The molecule has 158 valence electrons. The maximum atomic E-state index is 13.5. The molecule has 0 spiro atoms. The van der Waals surface area contributed by atoms with E-state index in [9.17, 15) is 13.2 Å². The fraction of sp³-hybridized carbons (Fsp3) is 0.160. The predicted molar refractivity (Wildman–Crippen MR) is 123 cm³/mol. The second-order valence-electron chi connectivity index (χ2n) is 8.53. The van der Waals surface area contributed by atoms with Gasteiger partial charge in [-0.1, -0.05) is 57.2 Å². The monoisotopic (exact) mass is 433 g/mol. The van der Waals surface area contributed by atoms with Crippen molar-refractivity contribution in [1.82, 2.24) is 0 Å². The van der Waals surface area contributed by atoms with Gasteiger partial charge in [0.05, 0.1) is 15.8 Å². The van der Waals surface area contributed by atoms with Gasteiger partial charge in [0.15, 0.2) is 0 Å². The lowest BCUT2D eigenvalue weighted by Crippen LogP contribution is -2.12. The molecule has 0 atom stereocenters. The topological polar surface area (TPSA) is 90.4 Å². The Bertz CT molecular complexity index is 1430. The zero-order chi connectivity index (χ0) is 22.4. The lowest BCUT2D eigenvalue weighted by Gasteiger charge is -2.19. The van der Waals surface area contributed by atoms with Gasteiger partial charge < -0.3 is 4.42 Å². The molecule has 0 aliphatic heterocycles. The summed E-state index contributed by atoms with van der Waals surface area (Å²) in [6.45, 7) is 6.39. The highest BCUT2D eigenvalue weighted by molar-refractivity contribution is 7.89. The van der Waals surface area contributed by atoms with Crippen molar-refractivity contribution in [3.8, 4) is 22.5 Å². The van der Waals surface area contributed by atoms with Crippen molar-refractivity contribution < 1.29 is 12.8 Å². The Labute approximate surface area is 181 Å². The molecule has 0 saturated carbocycles. The Kier molecular flexibility index (Phi) is 5.07. The van der Waals surface area contributed by atoms with Crippen LogP contribution in [0.15, 0.2) is 86.9 Å². The number of sulfonamides is 1. The zero-order valence-corrected chi connectivity index (χ0v) is 18.4. The normalized spacial score (nSPS) is 12.3. The van der Waals surface area contributed by atoms with Crippen molar-refractivity contribution in [3.05, 3.63) is 88.6 Å². The van der Waals surface area contributed by atoms with Gasteiger partial charge in [-0.15, -0.1) is 0 Å². The van der Waals surface area contributed by atoms with Crippen LogP contribution in [0, 0.1) is 0 Å². The second kappa shape index (κ2) is 7.48. The third kappa shape index (κ3) is 4.04. The molecule has 0 radical (unpaired) electrons. The molecule has 4 aromatic rings. The van der Waals surface area contributed by atoms with Crippen LogP contribution >= 0.6 is 0 Å². The maximum Gasteiger partial charge on any atom is 0.238 e. The molecule has 31 heavy (non-hydrogen) atoms. The fourth-order valence-corrected chi connectivity index (χ4v) is 4.06. The SMILES string of the molecule is CC(C)(C)c1ccc(-c2c(-c3ccc(S(N)(=O)=O)cc3)oc3ccccc3c2=O)cc1. The summed E-state index contributed by atoms with van der Waals surface area (Å²) in [4.78, 5) is 13.5. The lowest BCUT2D eigenvalue weighted by atomic mass is 9.86. The summed E-state index contributed by atoms with van der Waals surface area (Å²) in [6.07, 6.45) is 0. The molecule has 0 amide bonds. The average Bonchev–Trinajstić information content (AvgIpc) is 2.73. The molecular weight excluding hydrogens is 410 g/mol. The van der Waals surface area contributed by atoms with Crippen molar-refractivity contribution in [2.24, 2.45) is 5.14 Å². The van der Waals surface area contributed by atoms with Gasteiger partial charge in [-0.3, -0.25) is 4.79 Å². The first-order valence-electron chi connectivity index (χ1n) is 9.86. The molecular formula is C25H23NO4S. The minimum atomic E-state index is -3.82. The maximum absolute atomic E-state index is 13.5. The number of rotatable bonds is 3. The van der Waals surface area contributed by atoms with E-state index in [1.807, 2.05) is 24.3 Å². The number of para-hydroxylation sites is 1. The summed E-state index contributed by atoms with van der Waals surface area (Å²) < 4.78 is 29.4. The lowest BCUT2D eigenvalue weighted by molar-refractivity contribution is 0.590. The first kappa shape index (κ1) is 21.0. The Morgan fingerprint density at radius 1 is 0.806 bits per heavy atom. The van der Waals surface area contributed by atoms with Gasteiger partial charge in [-0.05, 0) is 52.9 Å². The van der Waals surface area contributed by atoms with E-state index < -0.39 is 10.0 Å². The molecule has 1 heterocycles. The van der Waals surface area contributed by atoms with Crippen LogP contribution in [-0.4, -0.2) is 8.42 Å². The van der Waals surface area contributed by atoms with Crippen LogP contribution in [0.5, 0.6) is 0 Å². The second-order valence-corrected chi connectivity index (χ2v) is 10.1. The molecule has 0 bridgehead atoms. The van der Waals surface area contributed by atoms with Crippen LogP contribution in [0.2, 0.25) is 0 Å². The number of nitrogens with two attached hydrogens (primary N) is 1. The highest BCUT2D eigenvalue weighted by Gasteiger charge is 2.20. The van der Waals surface area contributed by atoms with E-state index in [0.717, 1.165) is 11.1 Å². The molecule has 5 nitrogen and oxygen atoms in total. The van der Waals surface area contributed by atoms with Crippen molar-refractivity contribution >= 4 is 21.0 Å². The Morgan fingerprint density at radius 2 is 1.39 bits per heavy atom. The molecule has 0 saturated heterocycles. The first-order valence-corrected chi connectivity index (χ1v) is 11.4. The largest absolute Gasteiger partial charge is 0.455 e. The van der Waals surface area contributed by atoms with Gasteiger partial charge in [0.25, 0.3) is 0 Å². The van der Waals surface area contributed by atoms with Crippen LogP contribution in [0.4, 0.5) is 0 Å². The van der Waals surface area contributed by atoms with Crippen LogP contribution in [-0.2, 0) is 15.4 Å². The molecule has 0 unspecified atom stereocenters. The third-order valence-electron chi connectivity index (χ3n) is 5.28. The zero-order valence-electron chi connectivity index (χ0n) is 17.5. The number of benzene rings is 3. The summed E-state index contributed by atoms with van der Waals surface area (Å²) in [7, 11) is -3.82. The third-order valence-corrected chi connectivity index (χ3v) is 6.21. The van der Waals surface area contributed by atoms with Gasteiger partial charge in [0, 0.05) is 5.56 Å². The highest BCUT2D eigenvalue weighted by Crippen LogP contribution is 2.34. The van der Waals surface area contributed by atoms with Crippen molar-refractivity contribution in [2.45, 2.75) is 31.1 Å². The van der Waals surface area contributed by atoms with E-state index in [1.165, 1.54) is 12.1 Å². The molecule has 1 aromatic heterocycles. The molecule has 0 aliphatic rings. The van der Waals surface area contributed by atoms with Gasteiger partial charge in [-0.25, -0.2) is 13.6 Å². The summed E-state index contributed by atoms with van der Waals surface area (Å²) in [5.41, 5.74) is 3.22. The molecule has 3 aromatic carbocycles. The minimum absolute atomic E-state index is 0.00420. The quantitative estimate of drug-likeness (QED) is 0.488. The highest BCUT2D eigenvalue weighted by atomic mass is 32.2. The Morgan fingerprint density at radius 3 is 1.97 bits per heavy atom. The van der Waals surface area contributed by atoms with Crippen LogP contribution in [0.25, 0.3) is 33.4 Å². The van der Waals surface area contributed by atoms with Crippen molar-refractivity contribution in [2.75, 3.05) is 0 Å². The predicted octanol–water partition coefficient (Wildman–Crippen LogP) is 5.07. The molecule has 4 rings (SSSR count). The Balaban J connectivity index is 1.98. The number of fused-ring (bicyclic) bond motifs is 1. The first-order chi connectivity index (χ1) is 14.6. The van der Waals surface area contributed by atoms with Gasteiger partial charge in [-0.2, -0.15) is 0 Å². The van der Waals surface area contributed by atoms with Gasteiger partial charge >= 0.3 is 0 Å². The summed E-state index contributed by atoms with van der Waals surface area (Å²) in [5, 5.41) is 5.70. The van der Waals surface area contributed by atoms with E-state index >= 15 is 0 Å². The van der Waals surface area contributed by atoms with E-state index in [0.29, 0.717) is 27.9 Å². The summed E-state index contributed by atoms with van der Waals surface area (Å²) in [5.74, 6) is 0.383. The van der Waals surface area contributed by atoms with Gasteiger partial charge in [0.1, 0.15) is 11.3 Å². The van der Waals surface area contributed by atoms with Crippen LogP contribution in [0.1, 0.15) is 26.3 Å². The van der Waals surface area contributed by atoms with Crippen molar-refractivity contribution in [1.29, 1.82) is 0 Å². The van der Waals surface area contributed by atoms with Gasteiger partial charge in [0.2, 0.25) is 15.5 Å². The van der Waals surface area contributed by atoms with E-state index in [1.54, 1.807) is 36.4 Å². The fourth-order valence-electron chi connectivity index (χ4n) is 3.54. The Hall–Kier alpha value is -3.22. The van der Waals surface area contributed by atoms with E-state index in [2.05, 4.69) is 20.8 Å². The number of primary sulfonamides is 1. The smallest absolute Gasteiger partial charge is 0.238 e. The molecule has 2 N–H and O–H groups in total. The summed E-state index contributed by atoms with van der Waals surface area (Å²) >= 11 is 0. The van der Waals surface area contributed by atoms with Crippen molar-refractivity contribution in [3.63, 3.8) is 0 Å². The van der Waals surface area contributed by atoms with Crippen LogP contribution < -0.4 is 10.6 Å². The summed E-state index contributed by atoms with van der Waals surface area (Å²) in [6, 6.07) is 21.0. The number of hydrogen-bond acceptors (Lipinski definition) is 4. The number of hydrogen-bond donors (Lipinski definition) is 1. The minimum Gasteiger partial charge on any atom is -0.455 e. The molecule has 0 aliphatic carbocycles. The average molecular weight is 434 g/mol. The standard InChI is InChI=1S/C25H23NO4S/c1-25(2,3)18-12-8-16(9-13-18)22-23(27)20-6-4-5-7-21(20)30-24(22)17-10-14-19(15-11-17)31(26,28)29/h4-15H,1-3H3,(H2,26,28,29). The molecule has 0 fully saturated rings. The van der Waals surface area contributed by atoms with Crippen LogP contribution in [0.3, 0.4) is 0 Å². The molecule has 6 heteroatoms. The van der Waals surface area contributed by atoms with E-state index in [4.69, 9.17) is 9.56 Å².